The lowest BCUT2D eigenvalue weighted by atomic mass is 10.1. The number of rotatable bonds is 2. The molecule has 0 saturated carbocycles. The lowest BCUT2D eigenvalue weighted by Gasteiger charge is -2.08. The number of halogens is 2. The molecule has 0 aliphatic heterocycles. The molecule has 102 valence electrons. The third-order valence-corrected chi connectivity index (χ3v) is 3.52. The number of para-hydroxylation sites is 1. The highest BCUT2D eigenvalue weighted by Gasteiger charge is 2.10. The normalized spacial score (nSPS) is 10.3. The Morgan fingerprint density at radius 3 is 2.71 bits per heavy atom. The minimum absolute atomic E-state index is 0.203. The van der Waals surface area contributed by atoms with E-state index >= 15 is 0 Å². The monoisotopic (exact) mass is 342 g/mol. The van der Waals surface area contributed by atoms with Gasteiger partial charge in [-0.25, -0.2) is 9.37 Å². The maximum atomic E-state index is 13.2. The zero-order chi connectivity index (χ0) is 14.8. The molecule has 0 aliphatic rings. The Morgan fingerprint density at radius 2 is 1.95 bits per heavy atom. The predicted molar refractivity (Wildman–Crippen MR) is 80.6 cm³/mol. The number of hydrogen-bond acceptors (Lipinski definition) is 3. The number of benzene rings is 2. The summed E-state index contributed by atoms with van der Waals surface area (Å²) < 4.78 is 19.1. The van der Waals surface area contributed by atoms with Crippen LogP contribution in [-0.4, -0.2) is 4.98 Å². The SMILES string of the molecule is N#Cc1cc2ccccc2nc1Oc1ccc(F)c(Br)c1. The molecule has 5 heteroatoms. The largest absolute Gasteiger partial charge is 0.438 e. The first kappa shape index (κ1) is 13.5. The van der Waals surface area contributed by atoms with Gasteiger partial charge in [0.15, 0.2) is 0 Å². The van der Waals surface area contributed by atoms with E-state index in [1.807, 2.05) is 24.3 Å². The van der Waals surface area contributed by atoms with Gasteiger partial charge in [-0.15, -0.1) is 0 Å². The Hall–Kier alpha value is -2.45. The summed E-state index contributed by atoms with van der Waals surface area (Å²) in [6.07, 6.45) is 0. The van der Waals surface area contributed by atoms with Crippen LogP contribution in [0.1, 0.15) is 5.56 Å². The van der Waals surface area contributed by atoms with Crippen LogP contribution in [0.3, 0.4) is 0 Å². The Kier molecular flexibility index (Phi) is 3.55. The van der Waals surface area contributed by atoms with E-state index in [4.69, 9.17) is 4.74 Å². The summed E-state index contributed by atoms with van der Waals surface area (Å²) >= 11 is 3.09. The summed E-state index contributed by atoms with van der Waals surface area (Å²) in [6, 6.07) is 15.5. The molecule has 0 bridgehead atoms. The first-order valence-electron chi connectivity index (χ1n) is 6.10. The van der Waals surface area contributed by atoms with Crippen LogP contribution in [0.2, 0.25) is 0 Å². The lowest BCUT2D eigenvalue weighted by molar-refractivity contribution is 0.461. The highest BCUT2D eigenvalue weighted by atomic mass is 79.9. The molecule has 0 amide bonds. The fourth-order valence-electron chi connectivity index (χ4n) is 1.91. The van der Waals surface area contributed by atoms with Crippen LogP contribution in [0.5, 0.6) is 11.6 Å². The Labute approximate surface area is 128 Å². The maximum absolute atomic E-state index is 13.2. The molecule has 0 fully saturated rings. The summed E-state index contributed by atoms with van der Waals surface area (Å²) in [4.78, 5) is 4.34. The second-order valence-corrected chi connectivity index (χ2v) is 5.18. The molecule has 0 radical (unpaired) electrons. The van der Waals surface area contributed by atoms with Crippen molar-refractivity contribution in [2.45, 2.75) is 0 Å². The van der Waals surface area contributed by atoms with Crippen LogP contribution in [0, 0.1) is 17.1 Å². The highest BCUT2D eigenvalue weighted by Crippen LogP contribution is 2.29. The summed E-state index contributed by atoms with van der Waals surface area (Å²) in [5, 5.41) is 10.1. The van der Waals surface area contributed by atoms with Gasteiger partial charge in [0, 0.05) is 5.39 Å². The Balaban J connectivity index is 2.06. The predicted octanol–water partition coefficient (Wildman–Crippen LogP) is 4.80. The number of pyridine rings is 1. The number of fused-ring (bicyclic) bond motifs is 1. The Morgan fingerprint density at radius 1 is 1.14 bits per heavy atom. The first-order valence-corrected chi connectivity index (χ1v) is 6.89. The molecule has 0 spiro atoms. The summed E-state index contributed by atoms with van der Waals surface area (Å²) in [5.41, 5.74) is 1.06. The van der Waals surface area contributed by atoms with Gasteiger partial charge in [-0.3, -0.25) is 0 Å². The number of hydrogen-bond donors (Lipinski definition) is 0. The molecule has 3 nitrogen and oxygen atoms in total. The third-order valence-electron chi connectivity index (χ3n) is 2.92. The van der Waals surface area contributed by atoms with Gasteiger partial charge in [0.05, 0.1) is 9.99 Å². The smallest absolute Gasteiger partial charge is 0.237 e. The fraction of sp³-hybridized carbons (Fsp3) is 0. The molecule has 2 aromatic carbocycles. The second kappa shape index (κ2) is 5.51. The second-order valence-electron chi connectivity index (χ2n) is 4.32. The van der Waals surface area contributed by atoms with Crippen molar-refractivity contribution in [1.29, 1.82) is 5.26 Å². The summed E-state index contributed by atoms with van der Waals surface area (Å²) in [6.45, 7) is 0. The molecule has 0 atom stereocenters. The molecule has 0 N–H and O–H groups in total. The van der Waals surface area contributed by atoms with Crippen molar-refractivity contribution < 1.29 is 9.13 Å². The van der Waals surface area contributed by atoms with Crippen LogP contribution in [0.15, 0.2) is 53.0 Å². The maximum Gasteiger partial charge on any atom is 0.237 e. The van der Waals surface area contributed by atoms with Gasteiger partial charge in [0.25, 0.3) is 0 Å². The fourth-order valence-corrected chi connectivity index (χ4v) is 2.27. The van der Waals surface area contributed by atoms with E-state index in [0.29, 0.717) is 15.8 Å². The third kappa shape index (κ3) is 2.71. The standard InChI is InChI=1S/C16H8BrFN2O/c17-13-8-12(5-6-14(13)18)21-16-11(9-19)7-10-3-1-2-4-15(10)20-16/h1-8H. The van der Waals surface area contributed by atoms with Crippen molar-refractivity contribution >= 4 is 26.8 Å². The van der Waals surface area contributed by atoms with Gasteiger partial charge in [-0.2, -0.15) is 5.26 Å². The van der Waals surface area contributed by atoms with E-state index in [1.54, 1.807) is 6.07 Å². The molecule has 3 aromatic rings. The topological polar surface area (TPSA) is 45.9 Å². The van der Waals surface area contributed by atoms with E-state index in [-0.39, 0.29) is 11.7 Å². The van der Waals surface area contributed by atoms with Crippen LogP contribution in [-0.2, 0) is 0 Å². The zero-order valence-electron chi connectivity index (χ0n) is 10.7. The number of nitriles is 1. The Bertz CT molecular complexity index is 874. The van der Waals surface area contributed by atoms with Crippen molar-refractivity contribution in [2.75, 3.05) is 0 Å². The van der Waals surface area contributed by atoms with Gasteiger partial charge in [-0.05, 0) is 46.3 Å². The van der Waals surface area contributed by atoms with E-state index in [0.717, 1.165) is 10.9 Å². The van der Waals surface area contributed by atoms with E-state index in [1.165, 1.54) is 18.2 Å². The molecule has 1 heterocycles. The van der Waals surface area contributed by atoms with Gasteiger partial charge < -0.3 is 4.74 Å². The van der Waals surface area contributed by atoms with Crippen LogP contribution < -0.4 is 4.74 Å². The molecular formula is C16H8BrFN2O. The van der Waals surface area contributed by atoms with Crippen LogP contribution >= 0.6 is 15.9 Å². The summed E-state index contributed by atoms with van der Waals surface area (Å²) in [5.74, 6) is 0.228. The van der Waals surface area contributed by atoms with Gasteiger partial charge in [-0.1, -0.05) is 18.2 Å². The van der Waals surface area contributed by atoms with Gasteiger partial charge >= 0.3 is 0 Å². The van der Waals surface area contributed by atoms with Crippen molar-refractivity contribution in [3.8, 4) is 17.7 Å². The minimum Gasteiger partial charge on any atom is -0.438 e. The average Bonchev–Trinajstić information content (AvgIpc) is 2.50. The molecule has 0 saturated heterocycles. The molecule has 0 unspecified atom stereocenters. The molecular weight excluding hydrogens is 335 g/mol. The minimum atomic E-state index is -0.380. The first-order chi connectivity index (χ1) is 10.2. The number of ether oxygens (including phenoxy) is 1. The van der Waals surface area contributed by atoms with Crippen molar-refractivity contribution in [2.24, 2.45) is 0 Å². The molecule has 0 aliphatic carbocycles. The van der Waals surface area contributed by atoms with E-state index in [9.17, 15) is 9.65 Å². The molecule has 3 rings (SSSR count). The molecule has 21 heavy (non-hydrogen) atoms. The van der Waals surface area contributed by atoms with Crippen molar-refractivity contribution in [3.05, 3.63) is 64.4 Å². The van der Waals surface area contributed by atoms with Gasteiger partial charge in [0.2, 0.25) is 5.88 Å². The van der Waals surface area contributed by atoms with Gasteiger partial charge in [0.1, 0.15) is 23.2 Å². The number of nitrogens with zero attached hydrogens (tertiary/aromatic N) is 2. The van der Waals surface area contributed by atoms with Crippen molar-refractivity contribution in [3.63, 3.8) is 0 Å². The van der Waals surface area contributed by atoms with Crippen molar-refractivity contribution in [1.82, 2.24) is 4.98 Å². The summed E-state index contributed by atoms with van der Waals surface area (Å²) in [7, 11) is 0. The van der Waals surface area contributed by atoms with E-state index < -0.39 is 0 Å². The zero-order valence-corrected chi connectivity index (χ0v) is 12.3. The van der Waals surface area contributed by atoms with Crippen LogP contribution in [0.4, 0.5) is 4.39 Å². The molecule has 1 aromatic heterocycles. The quantitative estimate of drug-likeness (QED) is 0.671. The van der Waals surface area contributed by atoms with Crippen LogP contribution in [0.25, 0.3) is 10.9 Å². The van der Waals surface area contributed by atoms with E-state index in [2.05, 4.69) is 27.0 Å². The highest BCUT2D eigenvalue weighted by molar-refractivity contribution is 9.10. The number of aromatic nitrogens is 1. The lowest BCUT2D eigenvalue weighted by Crippen LogP contribution is -1.93. The average molecular weight is 343 g/mol.